The highest BCUT2D eigenvalue weighted by Gasteiger charge is 2.15. The lowest BCUT2D eigenvalue weighted by Crippen LogP contribution is -2.33. The maximum Gasteiger partial charge on any atom is 0.225 e. The molecule has 0 fully saturated rings. The van der Waals surface area contributed by atoms with Crippen molar-refractivity contribution in [2.24, 2.45) is 5.73 Å². The quantitative estimate of drug-likeness (QED) is 0.870. The molecule has 17 heavy (non-hydrogen) atoms. The normalized spacial score (nSPS) is 12.5. The molecular formula is C11H17BrN2O2S. The van der Waals surface area contributed by atoms with Gasteiger partial charge in [-0.25, -0.2) is 0 Å². The Hall–Kier alpha value is -0.430. The van der Waals surface area contributed by atoms with Gasteiger partial charge in [0.15, 0.2) is 0 Å². The van der Waals surface area contributed by atoms with Crippen LogP contribution >= 0.6 is 27.3 Å². The average Bonchev–Trinajstić information content (AvgIpc) is 2.71. The number of rotatable bonds is 6. The molecule has 0 aliphatic carbocycles. The maximum absolute atomic E-state index is 11.9. The molecule has 1 heterocycles. The van der Waals surface area contributed by atoms with E-state index >= 15 is 0 Å². The third-order valence-corrected chi connectivity index (χ3v) is 4.02. The van der Waals surface area contributed by atoms with Crippen molar-refractivity contribution in [3.63, 3.8) is 0 Å². The predicted octanol–water partition coefficient (Wildman–Crippen LogP) is 1.83. The largest absolute Gasteiger partial charge is 0.380 e. The second-order valence-corrected chi connectivity index (χ2v) is 6.10. The van der Waals surface area contributed by atoms with Gasteiger partial charge in [-0.3, -0.25) is 4.79 Å². The zero-order valence-electron chi connectivity index (χ0n) is 9.98. The molecule has 1 amide bonds. The topological polar surface area (TPSA) is 55.6 Å². The van der Waals surface area contributed by atoms with Crippen molar-refractivity contribution in [3.8, 4) is 0 Å². The third kappa shape index (κ3) is 4.75. The summed E-state index contributed by atoms with van der Waals surface area (Å²) in [5, 5.41) is 2.03. The third-order valence-electron chi connectivity index (χ3n) is 2.47. The van der Waals surface area contributed by atoms with E-state index in [4.69, 9.17) is 10.5 Å². The molecule has 0 spiro atoms. The smallest absolute Gasteiger partial charge is 0.225 e. The number of carbonyl (C=O) groups excluding carboxylic acids is 1. The van der Waals surface area contributed by atoms with Crippen LogP contribution in [0, 0.1) is 0 Å². The first-order valence-electron chi connectivity index (χ1n) is 5.26. The Morgan fingerprint density at radius 3 is 2.88 bits per heavy atom. The Balaban J connectivity index is 2.46. The zero-order valence-corrected chi connectivity index (χ0v) is 12.4. The van der Waals surface area contributed by atoms with E-state index in [2.05, 4.69) is 15.9 Å². The van der Waals surface area contributed by atoms with Crippen LogP contribution in [0.3, 0.4) is 0 Å². The van der Waals surface area contributed by atoms with Crippen molar-refractivity contribution < 1.29 is 9.53 Å². The van der Waals surface area contributed by atoms with Gasteiger partial charge in [0.2, 0.25) is 5.91 Å². The number of thiophene rings is 1. The number of amides is 1. The number of nitrogens with two attached hydrogens (primary N) is 1. The fourth-order valence-corrected chi connectivity index (χ4v) is 2.60. The molecule has 4 nitrogen and oxygen atoms in total. The summed E-state index contributed by atoms with van der Waals surface area (Å²) in [6.45, 7) is 0.974. The van der Waals surface area contributed by atoms with Crippen LogP contribution in [0.2, 0.25) is 0 Å². The fourth-order valence-electron chi connectivity index (χ4n) is 1.40. The van der Waals surface area contributed by atoms with Crippen LogP contribution in [0.25, 0.3) is 0 Å². The highest BCUT2D eigenvalue weighted by atomic mass is 79.9. The first kappa shape index (κ1) is 14.6. The maximum atomic E-state index is 11.9. The molecule has 0 aromatic carbocycles. The number of methoxy groups -OCH3 is 1. The van der Waals surface area contributed by atoms with E-state index in [-0.39, 0.29) is 12.0 Å². The van der Waals surface area contributed by atoms with Crippen LogP contribution in [0.4, 0.5) is 0 Å². The number of hydrogen-bond donors (Lipinski definition) is 1. The van der Waals surface area contributed by atoms with Crippen LogP contribution < -0.4 is 5.73 Å². The van der Waals surface area contributed by atoms with Gasteiger partial charge < -0.3 is 15.4 Å². The van der Waals surface area contributed by atoms with E-state index < -0.39 is 0 Å². The molecule has 1 aromatic heterocycles. The van der Waals surface area contributed by atoms with Gasteiger partial charge in [0.1, 0.15) is 0 Å². The Morgan fingerprint density at radius 2 is 2.41 bits per heavy atom. The summed E-state index contributed by atoms with van der Waals surface area (Å²) in [6.07, 6.45) is 0.133. The minimum absolute atomic E-state index is 0.0459. The van der Waals surface area contributed by atoms with Crippen LogP contribution in [0.5, 0.6) is 0 Å². The zero-order chi connectivity index (χ0) is 12.8. The Bertz CT molecular complexity index is 366. The lowest BCUT2D eigenvalue weighted by Gasteiger charge is -2.19. The lowest BCUT2D eigenvalue weighted by molar-refractivity contribution is -0.132. The van der Waals surface area contributed by atoms with E-state index in [1.807, 2.05) is 11.4 Å². The van der Waals surface area contributed by atoms with Crippen LogP contribution in [0.1, 0.15) is 12.0 Å². The molecule has 1 atom stereocenters. The molecule has 0 saturated heterocycles. The Labute approximate surface area is 114 Å². The molecule has 2 N–H and O–H groups in total. The Kier molecular flexibility index (Phi) is 6.11. The summed E-state index contributed by atoms with van der Waals surface area (Å²) >= 11 is 5.02. The van der Waals surface area contributed by atoms with Gasteiger partial charge in [0, 0.05) is 27.2 Å². The molecule has 1 aromatic rings. The number of nitrogens with zero attached hydrogens (tertiary/aromatic N) is 1. The van der Waals surface area contributed by atoms with Gasteiger partial charge in [-0.2, -0.15) is 0 Å². The summed E-state index contributed by atoms with van der Waals surface area (Å²) < 4.78 is 6.17. The van der Waals surface area contributed by atoms with Gasteiger partial charge in [-0.15, -0.1) is 11.3 Å². The predicted molar refractivity (Wildman–Crippen MR) is 73.0 cm³/mol. The molecule has 1 rings (SSSR count). The highest BCUT2D eigenvalue weighted by molar-refractivity contribution is 9.11. The molecule has 0 bridgehead atoms. The molecule has 6 heteroatoms. The number of ether oxygens (including phenoxy) is 1. The minimum atomic E-state index is -0.195. The van der Waals surface area contributed by atoms with Crippen molar-refractivity contribution in [2.45, 2.75) is 19.1 Å². The SMILES string of the molecule is COC(CN)CC(=O)N(C)Cc1csc(Br)c1. The lowest BCUT2D eigenvalue weighted by atomic mass is 10.2. The van der Waals surface area contributed by atoms with Crippen molar-refractivity contribution in [3.05, 3.63) is 20.8 Å². The highest BCUT2D eigenvalue weighted by Crippen LogP contribution is 2.21. The Morgan fingerprint density at radius 1 is 1.71 bits per heavy atom. The van der Waals surface area contributed by atoms with E-state index in [9.17, 15) is 4.79 Å². The van der Waals surface area contributed by atoms with E-state index in [0.29, 0.717) is 19.5 Å². The first-order chi connectivity index (χ1) is 8.06. The monoisotopic (exact) mass is 320 g/mol. The molecule has 0 radical (unpaired) electrons. The van der Waals surface area contributed by atoms with Crippen molar-refractivity contribution in [2.75, 3.05) is 20.7 Å². The van der Waals surface area contributed by atoms with E-state index in [0.717, 1.165) is 9.35 Å². The van der Waals surface area contributed by atoms with Crippen LogP contribution in [0.15, 0.2) is 15.2 Å². The van der Waals surface area contributed by atoms with Gasteiger partial charge >= 0.3 is 0 Å². The van der Waals surface area contributed by atoms with E-state index in [1.165, 1.54) is 0 Å². The average molecular weight is 321 g/mol. The van der Waals surface area contributed by atoms with E-state index in [1.54, 1.807) is 30.4 Å². The molecule has 0 saturated carbocycles. The number of carbonyl (C=O) groups is 1. The van der Waals surface area contributed by atoms with Crippen molar-refractivity contribution in [1.82, 2.24) is 4.90 Å². The van der Waals surface area contributed by atoms with Crippen LogP contribution in [-0.4, -0.2) is 37.6 Å². The molecule has 96 valence electrons. The molecule has 0 aliphatic heterocycles. The summed E-state index contributed by atoms with van der Waals surface area (Å²) in [4.78, 5) is 13.6. The second kappa shape index (κ2) is 7.10. The number of hydrogen-bond acceptors (Lipinski definition) is 4. The van der Waals surface area contributed by atoms with Gasteiger partial charge in [0.05, 0.1) is 16.3 Å². The van der Waals surface area contributed by atoms with Crippen molar-refractivity contribution >= 4 is 33.2 Å². The molecule has 0 aliphatic rings. The standard InChI is InChI=1S/C11H17BrN2O2S/c1-14(6-8-3-10(12)17-7-8)11(15)4-9(5-13)16-2/h3,7,9H,4-6,13H2,1-2H3. The molecular weight excluding hydrogens is 304 g/mol. The summed E-state index contributed by atoms with van der Waals surface area (Å²) in [7, 11) is 3.36. The second-order valence-electron chi connectivity index (χ2n) is 3.81. The molecule has 1 unspecified atom stereocenters. The first-order valence-corrected chi connectivity index (χ1v) is 6.93. The summed E-state index contributed by atoms with van der Waals surface area (Å²) in [5.74, 6) is 0.0459. The van der Waals surface area contributed by atoms with Gasteiger partial charge in [-0.05, 0) is 32.9 Å². The number of halogens is 1. The van der Waals surface area contributed by atoms with Crippen molar-refractivity contribution in [1.29, 1.82) is 0 Å². The summed E-state index contributed by atoms with van der Waals surface area (Å²) in [5.41, 5.74) is 6.61. The van der Waals surface area contributed by atoms with Gasteiger partial charge in [0.25, 0.3) is 0 Å². The van der Waals surface area contributed by atoms with Gasteiger partial charge in [-0.1, -0.05) is 0 Å². The summed E-state index contributed by atoms with van der Waals surface area (Å²) in [6, 6.07) is 2.02. The fraction of sp³-hybridized carbons (Fsp3) is 0.545. The van der Waals surface area contributed by atoms with Crippen LogP contribution in [-0.2, 0) is 16.1 Å². The minimum Gasteiger partial charge on any atom is -0.380 e.